The van der Waals surface area contributed by atoms with E-state index in [4.69, 9.17) is 4.74 Å². The molecule has 0 aliphatic rings. The number of allylic oxidation sites excluding steroid dienone is 1. The number of methoxy groups -OCH3 is 1. The zero-order valence-electron chi connectivity index (χ0n) is 10.9. The molecule has 5 heteroatoms. The van der Waals surface area contributed by atoms with Crippen molar-refractivity contribution in [1.29, 1.82) is 0 Å². The monoisotopic (exact) mass is 238 g/mol. The fourth-order valence-electron chi connectivity index (χ4n) is 1.55. The summed E-state index contributed by atoms with van der Waals surface area (Å²) in [5.41, 5.74) is 2.35. The van der Waals surface area contributed by atoms with Crippen molar-refractivity contribution in [3.8, 4) is 0 Å². The second kappa shape index (κ2) is 7.97. The van der Waals surface area contributed by atoms with Crippen LogP contribution in [-0.2, 0) is 18.2 Å². The van der Waals surface area contributed by atoms with Gasteiger partial charge in [-0.25, -0.2) is 0 Å². The van der Waals surface area contributed by atoms with Crippen LogP contribution in [0, 0.1) is 0 Å². The fraction of sp³-hybridized carbons (Fsp3) is 0.667. The lowest BCUT2D eigenvalue weighted by molar-refractivity contribution is 0.199. The summed E-state index contributed by atoms with van der Waals surface area (Å²) < 4.78 is 6.69. The van der Waals surface area contributed by atoms with Crippen LogP contribution in [0.3, 0.4) is 0 Å². The highest BCUT2D eigenvalue weighted by molar-refractivity contribution is 5.09. The molecule has 0 saturated carbocycles. The Bertz CT molecular complexity index is 346. The topological polar surface area (TPSA) is 52.0 Å². The predicted molar refractivity (Wildman–Crippen MR) is 67.8 cm³/mol. The molecule has 5 nitrogen and oxygen atoms in total. The van der Waals surface area contributed by atoms with Gasteiger partial charge in [-0.3, -0.25) is 4.68 Å². The van der Waals surface area contributed by atoms with E-state index in [9.17, 15) is 0 Å². The Kier molecular flexibility index (Phi) is 6.50. The third kappa shape index (κ3) is 6.19. The van der Waals surface area contributed by atoms with Crippen LogP contribution in [0.2, 0.25) is 0 Å². The summed E-state index contributed by atoms with van der Waals surface area (Å²) >= 11 is 0. The number of aromatic nitrogens is 3. The maximum Gasteiger partial charge on any atom is 0.0867 e. The standard InChI is InChI=1S/C12H22N4O/c1-11(5-4-6-13-7-8-17-3)9-12-10-16(2)15-14-12/h5,10,13H,4,6-9H2,1-3H3/b11-5-. The smallest absolute Gasteiger partial charge is 0.0867 e. The zero-order valence-corrected chi connectivity index (χ0v) is 10.9. The van der Waals surface area contributed by atoms with Gasteiger partial charge in [0, 0.05) is 33.3 Å². The van der Waals surface area contributed by atoms with Gasteiger partial charge in [0.05, 0.1) is 12.3 Å². The molecule has 1 heterocycles. The number of ether oxygens (including phenoxy) is 1. The first kappa shape index (κ1) is 13.9. The van der Waals surface area contributed by atoms with Crippen LogP contribution in [0.4, 0.5) is 0 Å². The summed E-state index contributed by atoms with van der Waals surface area (Å²) in [7, 11) is 3.60. The minimum absolute atomic E-state index is 0.766. The summed E-state index contributed by atoms with van der Waals surface area (Å²) in [6.07, 6.45) is 6.12. The molecule has 0 amide bonds. The molecule has 0 fully saturated rings. The number of nitrogens with one attached hydrogen (secondary N) is 1. The molecule has 0 radical (unpaired) electrons. The van der Waals surface area contributed by atoms with E-state index in [0.29, 0.717) is 0 Å². The van der Waals surface area contributed by atoms with Crippen LogP contribution < -0.4 is 5.32 Å². The first-order chi connectivity index (χ1) is 8.22. The summed E-state index contributed by atoms with van der Waals surface area (Å²) in [4.78, 5) is 0. The van der Waals surface area contributed by atoms with Crippen molar-refractivity contribution in [2.24, 2.45) is 7.05 Å². The van der Waals surface area contributed by atoms with Gasteiger partial charge in [-0.15, -0.1) is 5.10 Å². The van der Waals surface area contributed by atoms with E-state index < -0.39 is 0 Å². The van der Waals surface area contributed by atoms with Crippen molar-refractivity contribution in [3.63, 3.8) is 0 Å². The van der Waals surface area contributed by atoms with Gasteiger partial charge < -0.3 is 10.1 Å². The van der Waals surface area contributed by atoms with Gasteiger partial charge in [-0.05, 0) is 19.9 Å². The van der Waals surface area contributed by atoms with Gasteiger partial charge >= 0.3 is 0 Å². The Hall–Kier alpha value is -1.20. The van der Waals surface area contributed by atoms with Crippen LogP contribution in [-0.4, -0.2) is 41.8 Å². The highest BCUT2D eigenvalue weighted by Crippen LogP contribution is 2.04. The third-order valence-electron chi connectivity index (χ3n) is 2.41. The van der Waals surface area contributed by atoms with Crippen molar-refractivity contribution in [2.45, 2.75) is 19.8 Å². The molecular weight excluding hydrogens is 216 g/mol. The first-order valence-corrected chi connectivity index (χ1v) is 5.93. The van der Waals surface area contributed by atoms with Crippen LogP contribution in [0.25, 0.3) is 0 Å². The number of hydrogen-bond acceptors (Lipinski definition) is 4. The Morgan fingerprint density at radius 1 is 1.53 bits per heavy atom. The molecule has 0 unspecified atom stereocenters. The van der Waals surface area contributed by atoms with Crippen molar-refractivity contribution in [3.05, 3.63) is 23.5 Å². The fourth-order valence-corrected chi connectivity index (χ4v) is 1.55. The van der Waals surface area contributed by atoms with Gasteiger partial charge in [-0.2, -0.15) is 0 Å². The molecule has 0 spiro atoms. The number of rotatable bonds is 8. The molecule has 0 atom stereocenters. The van der Waals surface area contributed by atoms with Crippen LogP contribution in [0.15, 0.2) is 17.8 Å². The lowest BCUT2D eigenvalue weighted by Crippen LogP contribution is -2.19. The number of hydrogen-bond donors (Lipinski definition) is 1. The third-order valence-corrected chi connectivity index (χ3v) is 2.41. The Labute approximate surface area is 103 Å². The quantitative estimate of drug-likeness (QED) is 0.541. The Morgan fingerprint density at radius 3 is 3.00 bits per heavy atom. The number of nitrogens with zero attached hydrogens (tertiary/aromatic N) is 3. The highest BCUT2D eigenvalue weighted by Gasteiger charge is 1.98. The van der Waals surface area contributed by atoms with Gasteiger partial charge in [0.15, 0.2) is 0 Å². The van der Waals surface area contributed by atoms with Crippen LogP contribution in [0.5, 0.6) is 0 Å². The summed E-state index contributed by atoms with van der Waals surface area (Å²) in [5.74, 6) is 0. The second-order valence-electron chi connectivity index (χ2n) is 4.14. The van der Waals surface area contributed by atoms with E-state index in [1.165, 1.54) is 5.57 Å². The zero-order chi connectivity index (χ0) is 12.5. The normalized spacial score (nSPS) is 12.1. The average molecular weight is 238 g/mol. The molecule has 1 N–H and O–H groups in total. The summed E-state index contributed by atoms with van der Waals surface area (Å²) in [6.45, 7) is 4.79. The molecule has 1 aromatic rings. The lowest BCUT2D eigenvalue weighted by atomic mass is 10.1. The predicted octanol–water partition coefficient (Wildman–Crippen LogP) is 0.930. The van der Waals surface area contributed by atoms with Gasteiger partial charge in [0.2, 0.25) is 0 Å². The molecule has 1 rings (SSSR count). The first-order valence-electron chi connectivity index (χ1n) is 5.93. The van der Waals surface area contributed by atoms with E-state index in [1.807, 2.05) is 13.2 Å². The van der Waals surface area contributed by atoms with Crippen molar-refractivity contribution in [1.82, 2.24) is 20.3 Å². The molecule has 1 aromatic heterocycles. The largest absolute Gasteiger partial charge is 0.383 e. The van der Waals surface area contributed by atoms with E-state index in [0.717, 1.165) is 38.2 Å². The molecule has 0 aliphatic heterocycles. The van der Waals surface area contributed by atoms with Crippen molar-refractivity contribution >= 4 is 0 Å². The van der Waals surface area contributed by atoms with E-state index in [2.05, 4.69) is 28.6 Å². The number of aryl methyl sites for hydroxylation is 1. The molecular formula is C12H22N4O. The molecule has 0 aliphatic carbocycles. The van der Waals surface area contributed by atoms with E-state index >= 15 is 0 Å². The minimum Gasteiger partial charge on any atom is -0.383 e. The second-order valence-corrected chi connectivity index (χ2v) is 4.14. The van der Waals surface area contributed by atoms with Crippen molar-refractivity contribution in [2.75, 3.05) is 26.8 Å². The van der Waals surface area contributed by atoms with E-state index in [1.54, 1.807) is 11.8 Å². The van der Waals surface area contributed by atoms with Gasteiger partial charge in [-0.1, -0.05) is 16.9 Å². The van der Waals surface area contributed by atoms with Crippen LogP contribution >= 0.6 is 0 Å². The minimum atomic E-state index is 0.766. The van der Waals surface area contributed by atoms with Crippen LogP contribution in [0.1, 0.15) is 19.0 Å². The average Bonchev–Trinajstić information content (AvgIpc) is 2.69. The van der Waals surface area contributed by atoms with E-state index in [-0.39, 0.29) is 0 Å². The molecule has 0 bridgehead atoms. The van der Waals surface area contributed by atoms with Gasteiger partial charge in [0.25, 0.3) is 0 Å². The molecule has 0 aromatic carbocycles. The lowest BCUT2D eigenvalue weighted by Gasteiger charge is -2.02. The SMILES string of the molecule is COCCNCC/C=C(/C)Cc1cn(C)nn1. The molecule has 96 valence electrons. The Morgan fingerprint density at radius 2 is 2.35 bits per heavy atom. The van der Waals surface area contributed by atoms with Gasteiger partial charge in [0.1, 0.15) is 0 Å². The maximum absolute atomic E-state index is 4.96. The van der Waals surface area contributed by atoms with Crippen molar-refractivity contribution < 1.29 is 4.74 Å². The molecule has 17 heavy (non-hydrogen) atoms. The molecule has 0 saturated heterocycles. The maximum atomic E-state index is 4.96. The summed E-state index contributed by atoms with van der Waals surface area (Å²) in [5, 5.41) is 11.3. The summed E-state index contributed by atoms with van der Waals surface area (Å²) in [6, 6.07) is 0. The highest BCUT2D eigenvalue weighted by atomic mass is 16.5. The Balaban J connectivity index is 2.16.